The van der Waals surface area contributed by atoms with E-state index in [-0.39, 0.29) is 22.6 Å². The van der Waals surface area contributed by atoms with Crippen LogP contribution in [-0.2, 0) is 0 Å². The summed E-state index contributed by atoms with van der Waals surface area (Å²) in [5.74, 6) is -1.22. The van der Waals surface area contributed by atoms with Gasteiger partial charge in [-0.05, 0) is 24.3 Å². The first-order valence-corrected chi connectivity index (χ1v) is 5.13. The summed E-state index contributed by atoms with van der Waals surface area (Å²) in [6, 6.07) is 10.1. The van der Waals surface area contributed by atoms with E-state index in [1.807, 2.05) is 0 Å². The molecule has 0 fully saturated rings. The van der Waals surface area contributed by atoms with E-state index in [4.69, 9.17) is 11.0 Å². The summed E-state index contributed by atoms with van der Waals surface area (Å²) in [6.07, 6.45) is 0. The molecule has 0 aliphatic rings. The predicted octanol–water partition coefficient (Wildman–Crippen LogP) is 3.16. The average Bonchev–Trinajstić information content (AvgIpc) is 2.35. The van der Waals surface area contributed by atoms with Crippen LogP contribution in [0.3, 0.4) is 0 Å². The summed E-state index contributed by atoms with van der Waals surface area (Å²) in [6.45, 7) is 0. The van der Waals surface area contributed by atoms with Gasteiger partial charge in [-0.2, -0.15) is 5.26 Å². The van der Waals surface area contributed by atoms with Gasteiger partial charge in [0.05, 0.1) is 17.1 Å². The number of nitrogens with one attached hydrogen (secondary N) is 1. The Morgan fingerprint density at radius 1 is 1.00 bits per heavy atom. The van der Waals surface area contributed by atoms with E-state index >= 15 is 0 Å². The zero-order valence-corrected chi connectivity index (χ0v) is 9.24. The second-order valence-electron chi connectivity index (χ2n) is 3.60. The highest BCUT2D eigenvalue weighted by Crippen LogP contribution is 2.27. The van der Waals surface area contributed by atoms with Crippen molar-refractivity contribution in [3.63, 3.8) is 0 Å². The number of halogens is 2. The lowest BCUT2D eigenvalue weighted by molar-refractivity contribution is 0.624. The average molecular weight is 245 g/mol. The molecule has 0 heterocycles. The number of hydrogen-bond donors (Lipinski definition) is 2. The van der Waals surface area contributed by atoms with Crippen molar-refractivity contribution in [2.24, 2.45) is 0 Å². The van der Waals surface area contributed by atoms with Crippen LogP contribution in [0, 0.1) is 23.0 Å². The van der Waals surface area contributed by atoms with Crippen LogP contribution in [0.2, 0.25) is 0 Å². The minimum atomic E-state index is -0.641. The molecule has 2 aromatic carbocycles. The molecule has 0 saturated carbocycles. The van der Waals surface area contributed by atoms with Gasteiger partial charge in [0.1, 0.15) is 23.3 Å². The maximum Gasteiger partial charge on any atom is 0.148 e. The van der Waals surface area contributed by atoms with Crippen molar-refractivity contribution in [1.82, 2.24) is 0 Å². The van der Waals surface area contributed by atoms with Gasteiger partial charge < -0.3 is 11.1 Å². The number of nitrogens with two attached hydrogens (primary N) is 1. The maximum absolute atomic E-state index is 13.4. The lowest BCUT2D eigenvalue weighted by Gasteiger charge is -2.11. The van der Waals surface area contributed by atoms with Gasteiger partial charge in [-0.3, -0.25) is 0 Å². The number of nitrogens with zero attached hydrogens (tertiary/aromatic N) is 1. The zero-order chi connectivity index (χ0) is 13.1. The molecule has 0 spiro atoms. The molecule has 0 aromatic heterocycles. The minimum absolute atomic E-state index is 0.0781. The minimum Gasteiger partial charge on any atom is -0.395 e. The zero-order valence-electron chi connectivity index (χ0n) is 9.24. The Morgan fingerprint density at radius 3 is 2.28 bits per heavy atom. The highest BCUT2D eigenvalue weighted by molar-refractivity contribution is 5.75. The van der Waals surface area contributed by atoms with Gasteiger partial charge in [0, 0.05) is 0 Å². The third kappa shape index (κ3) is 2.09. The lowest BCUT2D eigenvalue weighted by Crippen LogP contribution is -2.01. The molecule has 2 aromatic rings. The van der Waals surface area contributed by atoms with Crippen LogP contribution < -0.4 is 11.1 Å². The van der Waals surface area contributed by atoms with Gasteiger partial charge in [0.15, 0.2) is 0 Å². The molecule has 0 amide bonds. The molecule has 2 rings (SSSR count). The first-order valence-electron chi connectivity index (χ1n) is 5.13. The van der Waals surface area contributed by atoms with Gasteiger partial charge in [0.25, 0.3) is 0 Å². The summed E-state index contributed by atoms with van der Waals surface area (Å²) in [7, 11) is 0. The lowest BCUT2D eigenvalue weighted by atomic mass is 10.1. The van der Waals surface area contributed by atoms with Gasteiger partial charge in [-0.1, -0.05) is 12.1 Å². The fraction of sp³-hybridized carbons (Fsp3) is 0. The van der Waals surface area contributed by atoms with E-state index in [0.717, 1.165) is 0 Å². The van der Waals surface area contributed by atoms with Crippen LogP contribution in [0.1, 0.15) is 5.56 Å². The maximum atomic E-state index is 13.4. The van der Waals surface area contributed by atoms with Crippen molar-refractivity contribution >= 4 is 17.1 Å². The Labute approximate surface area is 102 Å². The Hall–Kier alpha value is -2.61. The van der Waals surface area contributed by atoms with Crippen molar-refractivity contribution in [1.29, 1.82) is 5.26 Å². The van der Waals surface area contributed by atoms with Crippen LogP contribution in [0.25, 0.3) is 0 Å². The Kier molecular flexibility index (Phi) is 3.11. The molecule has 3 N–H and O–H groups in total. The van der Waals surface area contributed by atoms with Gasteiger partial charge in [-0.25, -0.2) is 8.78 Å². The molecular formula is C13H9F2N3. The molecular weight excluding hydrogens is 236 g/mol. The molecule has 0 atom stereocenters. The van der Waals surface area contributed by atoms with E-state index in [2.05, 4.69) is 5.32 Å². The van der Waals surface area contributed by atoms with Crippen molar-refractivity contribution in [3.8, 4) is 6.07 Å². The first kappa shape index (κ1) is 11.9. The van der Waals surface area contributed by atoms with Gasteiger partial charge >= 0.3 is 0 Å². The number of hydrogen-bond acceptors (Lipinski definition) is 3. The highest BCUT2D eigenvalue weighted by atomic mass is 19.1. The monoisotopic (exact) mass is 245 g/mol. The second-order valence-corrected chi connectivity index (χ2v) is 3.60. The normalized spacial score (nSPS) is 9.83. The van der Waals surface area contributed by atoms with E-state index in [1.54, 1.807) is 12.1 Å². The number of nitriles is 1. The summed E-state index contributed by atoms with van der Waals surface area (Å²) < 4.78 is 26.6. The molecule has 3 nitrogen and oxygen atoms in total. The summed E-state index contributed by atoms with van der Waals surface area (Å²) in [5.41, 5.74) is 5.86. The molecule has 0 aliphatic carbocycles. The fourth-order valence-corrected chi connectivity index (χ4v) is 1.53. The fourth-order valence-electron chi connectivity index (χ4n) is 1.53. The SMILES string of the molecule is N#Cc1c(F)cccc1Nc1cccc(F)c1N. The van der Waals surface area contributed by atoms with E-state index in [1.165, 1.54) is 30.3 Å². The van der Waals surface area contributed by atoms with E-state index < -0.39 is 11.6 Å². The second kappa shape index (κ2) is 4.72. The predicted molar refractivity (Wildman–Crippen MR) is 65.2 cm³/mol. The van der Waals surface area contributed by atoms with E-state index in [9.17, 15) is 8.78 Å². The topological polar surface area (TPSA) is 61.8 Å². The Morgan fingerprint density at radius 2 is 1.61 bits per heavy atom. The molecule has 0 aliphatic heterocycles. The largest absolute Gasteiger partial charge is 0.395 e. The summed E-state index contributed by atoms with van der Waals surface area (Å²) in [4.78, 5) is 0. The van der Waals surface area contributed by atoms with Gasteiger partial charge in [0.2, 0.25) is 0 Å². The van der Waals surface area contributed by atoms with Crippen molar-refractivity contribution < 1.29 is 8.78 Å². The molecule has 0 unspecified atom stereocenters. The molecule has 5 heteroatoms. The Bertz CT molecular complexity index is 633. The highest BCUT2D eigenvalue weighted by Gasteiger charge is 2.10. The number of benzene rings is 2. The third-order valence-corrected chi connectivity index (χ3v) is 2.45. The number of para-hydroxylation sites is 1. The first-order chi connectivity index (χ1) is 8.63. The molecule has 0 bridgehead atoms. The number of rotatable bonds is 2. The van der Waals surface area contributed by atoms with Crippen LogP contribution in [0.15, 0.2) is 36.4 Å². The number of nitrogen functional groups attached to an aromatic ring is 1. The van der Waals surface area contributed by atoms with Crippen LogP contribution in [0.4, 0.5) is 25.8 Å². The standard InChI is InChI=1S/C13H9F2N3/c14-9-3-1-5-11(8(9)7-16)18-12-6-2-4-10(15)13(12)17/h1-6,18H,17H2. The molecule has 0 saturated heterocycles. The third-order valence-electron chi connectivity index (χ3n) is 2.45. The summed E-state index contributed by atoms with van der Waals surface area (Å²) >= 11 is 0. The molecule has 18 heavy (non-hydrogen) atoms. The number of anilines is 3. The summed E-state index contributed by atoms with van der Waals surface area (Å²) in [5, 5.41) is 11.6. The van der Waals surface area contributed by atoms with Crippen molar-refractivity contribution in [2.75, 3.05) is 11.1 Å². The van der Waals surface area contributed by atoms with Crippen LogP contribution in [0.5, 0.6) is 0 Å². The van der Waals surface area contributed by atoms with Crippen LogP contribution >= 0.6 is 0 Å². The smallest absolute Gasteiger partial charge is 0.148 e. The van der Waals surface area contributed by atoms with Crippen molar-refractivity contribution in [3.05, 3.63) is 53.6 Å². The molecule has 0 radical (unpaired) electrons. The van der Waals surface area contributed by atoms with E-state index in [0.29, 0.717) is 0 Å². The van der Waals surface area contributed by atoms with Gasteiger partial charge in [-0.15, -0.1) is 0 Å². The quantitative estimate of drug-likeness (QED) is 0.799. The Balaban J connectivity index is 2.44. The molecule has 90 valence electrons. The van der Waals surface area contributed by atoms with Crippen molar-refractivity contribution in [2.45, 2.75) is 0 Å². The van der Waals surface area contributed by atoms with Crippen LogP contribution in [-0.4, -0.2) is 0 Å².